The van der Waals surface area contributed by atoms with Crippen LogP contribution in [0.1, 0.15) is 45.6 Å². The first-order chi connectivity index (χ1) is 31.7. The Balaban J connectivity index is 0.949. The van der Waals surface area contributed by atoms with Crippen LogP contribution in [0.25, 0.3) is 0 Å². The summed E-state index contributed by atoms with van der Waals surface area (Å²) >= 11 is 6.31. The van der Waals surface area contributed by atoms with Gasteiger partial charge in [-0.1, -0.05) is 48.5 Å². The fourth-order valence-electron chi connectivity index (χ4n) is 6.65. The van der Waals surface area contributed by atoms with E-state index >= 15 is 0 Å². The van der Waals surface area contributed by atoms with Crippen molar-refractivity contribution in [3.8, 4) is 0 Å². The van der Waals surface area contributed by atoms with E-state index in [1.54, 1.807) is 45.3 Å². The quantitative estimate of drug-likeness (QED) is 0.183. The Labute approximate surface area is 389 Å². The summed E-state index contributed by atoms with van der Waals surface area (Å²) in [5, 5.41) is 16.1. The second-order valence-corrected chi connectivity index (χ2v) is 17.6. The number of thiophene rings is 4. The first-order valence-corrected chi connectivity index (χ1v) is 24.2. The zero-order valence-corrected chi connectivity index (χ0v) is 37.8. The number of aromatic nitrogens is 4. The van der Waals surface area contributed by atoms with Crippen molar-refractivity contribution in [3.05, 3.63) is 186 Å². The number of pyridine rings is 4. The molecular weight excluding hydrogens is 884 g/mol. The zero-order valence-electron chi connectivity index (χ0n) is 34.5. The maximum Gasteiger partial charge on any atom is 0.495 e. The number of nitrogens with zero attached hydrogens (tertiary/aromatic N) is 4. The maximum atomic E-state index is 6.37. The average Bonchev–Trinajstić information content (AvgIpc) is 4.20. The molecule has 0 aromatic carbocycles. The molecule has 0 spiro atoms. The molecule has 20 heteroatoms. The van der Waals surface area contributed by atoms with Gasteiger partial charge in [0.2, 0.25) is 0 Å². The van der Waals surface area contributed by atoms with Crippen molar-refractivity contribution >= 4 is 95.7 Å². The molecule has 0 saturated heterocycles. The van der Waals surface area contributed by atoms with Gasteiger partial charge in [-0.2, -0.15) is 45.3 Å². The highest BCUT2D eigenvalue weighted by Crippen LogP contribution is 2.14. The third-order valence-corrected chi connectivity index (χ3v) is 12.6. The van der Waals surface area contributed by atoms with Crippen LogP contribution in [0.5, 0.6) is 0 Å². The zero-order chi connectivity index (χ0) is 43.2. The van der Waals surface area contributed by atoms with Crippen molar-refractivity contribution in [2.24, 2.45) is 0 Å². The lowest BCUT2D eigenvalue weighted by Gasteiger charge is -2.17. The van der Waals surface area contributed by atoms with Gasteiger partial charge >= 0.3 is 28.5 Å². The summed E-state index contributed by atoms with van der Waals surface area (Å²) in [6.07, 6.45) is 0. The van der Waals surface area contributed by atoms with Crippen LogP contribution in [0.4, 0.5) is 0 Å². The van der Waals surface area contributed by atoms with E-state index in [0.29, 0.717) is 0 Å². The van der Waals surface area contributed by atoms with Crippen LogP contribution in [0.2, 0.25) is 0 Å². The van der Waals surface area contributed by atoms with Crippen LogP contribution in [-0.4, -0.2) is 48.4 Å². The lowest BCUT2D eigenvalue weighted by atomic mass is 9.81. The van der Waals surface area contributed by atoms with Gasteiger partial charge in [-0.25, -0.2) is 0 Å². The summed E-state index contributed by atoms with van der Waals surface area (Å²) in [7, 11) is -2.57. The van der Waals surface area contributed by atoms with Crippen LogP contribution >= 0.6 is 45.3 Å². The Hall–Kier alpha value is -4.66. The predicted octanol–water partition coefficient (Wildman–Crippen LogP) is 6.34. The maximum absolute atomic E-state index is 6.37. The molecule has 0 atom stereocenters. The molecule has 1 aliphatic heterocycles. The number of hydrogen-bond acceptors (Lipinski definition) is 16. The molecule has 0 radical (unpaired) electrons. The van der Waals surface area contributed by atoms with Crippen LogP contribution in [0, 0.1) is 0 Å². The third-order valence-electron chi connectivity index (χ3n) is 9.78. The van der Waals surface area contributed by atoms with Gasteiger partial charge in [0.15, 0.2) is 0 Å². The molecule has 9 rings (SSSR count). The number of rotatable bonds is 4. The van der Waals surface area contributed by atoms with E-state index in [4.69, 9.17) is 57.2 Å². The first-order valence-electron chi connectivity index (χ1n) is 20.5. The van der Waals surface area contributed by atoms with Gasteiger partial charge in [0, 0.05) is 0 Å². The average molecular weight is 924 g/mol. The van der Waals surface area contributed by atoms with E-state index in [1.165, 1.54) is 0 Å². The first kappa shape index (κ1) is 44.5. The molecule has 8 aromatic heterocycles. The van der Waals surface area contributed by atoms with Gasteiger partial charge in [0.05, 0.1) is 98.4 Å². The Morgan fingerprint density at radius 2 is 0.469 bits per heavy atom. The largest absolute Gasteiger partial charge is 0.495 e. The minimum atomic E-state index is -0.642. The third kappa shape index (κ3) is 12.8. The fraction of sp³-hybridized carbons (Fsp3) is 0.182. The molecule has 8 aromatic rings. The van der Waals surface area contributed by atoms with E-state index < -0.39 is 28.5 Å². The molecule has 9 heterocycles. The molecule has 0 N–H and O–H groups in total. The summed E-state index contributed by atoms with van der Waals surface area (Å²) < 4.78 is 50.9. The molecule has 64 heavy (non-hydrogen) atoms. The van der Waals surface area contributed by atoms with E-state index in [1.807, 2.05) is 140 Å². The van der Waals surface area contributed by atoms with E-state index in [9.17, 15) is 0 Å². The number of hydrogen-bond donors (Lipinski definition) is 0. The minimum absolute atomic E-state index is 0.218. The molecule has 0 aliphatic carbocycles. The molecule has 0 fully saturated rings. The van der Waals surface area contributed by atoms with Crippen LogP contribution in [0.15, 0.2) is 140 Å². The summed E-state index contributed by atoms with van der Waals surface area (Å²) in [6.45, 7) is 1.74. The number of fused-ring (bicyclic) bond motifs is 8. The van der Waals surface area contributed by atoms with Gasteiger partial charge in [-0.05, 0) is 113 Å². The summed E-state index contributed by atoms with van der Waals surface area (Å²) in [5.74, 6) is 0. The minimum Gasteiger partial charge on any atom is -0.401 e. The molecule has 0 amide bonds. The Morgan fingerprint density at radius 3 is 0.625 bits per heavy atom. The monoisotopic (exact) mass is 924 g/mol. The molecule has 0 saturated carbocycles. The van der Waals surface area contributed by atoms with Crippen LogP contribution in [-0.2, 0) is 90.1 Å². The smallest absolute Gasteiger partial charge is 0.401 e. The van der Waals surface area contributed by atoms with Crippen LogP contribution < -0.4 is 21.9 Å². The Morgan fingerprint density at radius 1 is 0.281 bits per heavy atom. The topological polar surface area (TPSA) is 125 Å². The second kappa shape index (κ2) is 23.0. The molecule has 8 bridgehead atoms. The fourth-order valence-corrected chi connectivity index (χ4v) is 9.29. The molecule has 1 aliphatic rings. The van der Waals surface area contributed by atoms with Gasteiger partial charge in [0.1, 0.15) is 0 Å². The second-order valence-electron chi connectivity index (χ2n) is 14.5. The van der Waals surface area contributed by atoms with Crippen molar-refractivity contribution in [1.29, 1.82) is 0 Å². The predicted molar refractivity (Wildman–Crippen MR) is 254 cm³/mol. The van der Waals surface area contributed by atoms with Crippen molar-refractivity contribution in [2.75, 3.05) is 0 Å². The molecule has 320 valence electrons. The van der Waals surface area contributed by atoms with Crippen LogP contribution in [0.3, 0.4) is 0 Å². The summed E-state index contributed by atoms with van der Waals surface area (Å²) in [4.78, 5) is 19.4. The molecular formula is C44H40B4N4O8S4. The normalized spacial score (nSPS) is 15.6. The standard InChI is InChI=1S/C44H40B4N4O8S4/c1-5-37-21-53-45(33-13-17-61-29-33)55-23-39-7-2-9-41(50-39)25-57-47(35-15-19-63-31-35)59-27-43-11-4-12-44(52-43)28-60-48(36-16-20-64-32-36)58-26-42-10-3-8-40(51-42)24-56-46(34-14-18-62-30-34)54-22-38(6-1)49-37/h1-20,29-32H,21-28H2. The van der Waals surface area contributed by atoms with E-state index in [2.05, 4.69) is 0 Å². The Kier molecular flexibility index (Phi) is 16.0. The Bertz CT molecular complexity index is 2160. The van der Waals surface area contributed by atoms with Crippen molar-refractivity contribution in [3.63, 3.8) is 0 Å². The van der Waals surface area contributed by atoms with Crippen molar-refractivity contribution < 1.29 is 37.2 Å². The lowest BCUT2D eigenvalue weighted by molar-refractivity contribution is 0.181. The van der Waals surface area contributed by atoms with E-state index in [-0.39, 0.29) is 52.9 Å². The van der Waals surface area contributed by atoms with Gasteiger partial charge in [-0.15, -0.1) is 0 Å². The molecule has 12 nitrogen and oxygen atoms in total. The SMILES string of the molecule is c1cc2nc(c1)COB(c1ccsc1)OCc1cccc(n1)COB(c1ccsc1)OCc1cccc(n1)COB(c1ccsc1)OCc1cccc(n1)COB(c1ccsc1)OC2. The summed E-state index contributed by atoms with van der Waals surface area (Å²) in [5.41, 5.74) is 9.55. The van der Waals surface area contributed by atoms with Gasteiger partial charge < -0.3 is 37.2 Å². The lowest BCUT2D eigenvalue weighted by Crippen LogP contribution is -2.36. The van der Waals surface area contributed by atoms with Gasteiger partial charge in [-0.3, -0.25) is 19.9 Å². The summed E-state index contributed by atoms with van der Waals surface area (Å²) in [6, 6.07) is 31.2. The highest BCUT2D eigenvalue weighted by atomic mass is 32.1. The molecule has 0 unspecified atom stereocenters. The van der Waals surface area contributed by atoms with E-state index in [0.717, 1.165) is 67.4 Å². The van der Waals surface area contributed by atoms with Crippen molar-refractivity contribution in [1.82, 2.24) is 19.9 Å². The highest BCUT2D eigenvalue weighted by molar-refractivity contribution is 7.10. The van der Waals surface area contributed by atoms with Gasteiger partial charge in [0.25, 0.3) is 0 Å². The van der Waals surface area contributed by atoms with Crippen molar-refractivity contribution in [2.45, 2.75) is 52.9 Å². The highest BCUT2D eigenvalue weighted by Gasteiger charge is 2.27.